The molecule has 0 aromatic heterocycles. The van der Waals surface area contributed by atoms with Crippen molar-refractivity contribution in [2.24, 2.45) is 5.41 Å². The van der Waals surface area contributed by atoms with Crippen LogP contribution in [0.15, 0.2) is 12.2 Å². The predicted molar refractivity (Wildman–Crippen MR) is 61.4 cm³/mol. The molecule has 0 aromatic rings. The van der Waals surface area contributed by atoms with Crippen molar-refractivity contribution in [1.82, 2.24) is 0 Å². The lowest BCUT2D eigenvalue weighted by atomic mass is 9.60. The van der Waals surface area contributed by atoms with Crippen molar-refractivity contribution in [3.63, 3.8) is 0 Å². The number of carbonyl (C=O) groups excluding carboxylic acids is 1. The fraction of sp³-hybridized carbons (Fsp3) is 0.786. The maximum atomic E-state index is 11.9. The average molecular weight is 234 g/mol. The zero-order valence-electron chi connectivity index (χ0n) is 9.98. The average Bonchev–Trinajstić information content (AvgIpc) is 2.96. The van der Waals surface area contributed by atoms with Gasteiger partial charge in [-0.2, -0.15) is 0 Å². The standard InChI is InChI=1S/C14H18O3/c15-12-9-13(8-10-4-5-11(13)16-10)14(17-12)6-2-1-3-7-14/h4-5,10-11H,1-3,6-9H2. The highest BCUT2D eigenvalue weighted by Gasteiger charge is 2.67. The Bertz CT molecular complexity index is 394. The van der Waals surface area contributed by atoms with Gasteiger partial charge in [-0.3, -0.25) is 4.79 Å². The van der Waals surface area contributed by atoms with Gasteiger partial charge < -0.3 is 9.47 Å². The van der Waals surface area contributed by atoms with E-state index in [1.165, 1.54) is 19.3 Å². The monoisotopic (exact) mass is 234 g/mol. The van der Waals surface area contributed by atoms with E-state index in [2.05, 4.69) is 12.2 Å². The first kappa shape index (κ1) is 10.1. The normalized spacial score (nSPS) is 46.0. The van der Waals surface area contributed by atoms with Gasteiger partial charge in [0.1, 0.15) is 5.60 Å². The molecular weight excluding hydrogens is 216 g/mol. The number of fused-ring (bicyclic) bond motifs is 4. The van der Waals surface area contributed by atoms with Crippen LogP contribution in [0, 0.1) is 5.41 Å². The summed E-state index contributed by atoms with van der Waals surface area (Å²) in [6, 6.07) is 0. The molecule has 3 unspecified atom stereocenters. The molecule has 3 aliphatic heterocycles. The molecule has 0 amide bonds. The lowest BCUT2D eigenvalue weighted by molar-refractivity contribution is -0.157. The van der Waals surface area contributed by atoms with Crippen LogP contribution in [0.4, 0.5) is 0 Å². The second-order valence-electron chi connectivity index (χ2n) is 6.05. The topological polar surface area (TPSA) is 35.5 Å². The lowest BCUT2D eigenvalue weighted by Crippen LogP contribution is -2.51. The van der Waals surface area contributed by atoms with Crippen molar-refractivity contribution in [2.75, 3.05) is 0 Å². The van der Waals surface area contributed by atoms with Crippen LogP contribution in [-0.4, -0.2) is 23.8 Å². The fourth-order valence-electron chi connectivity index (χ4n) is 4.52. The van der Waals surface area contributed by atoms with Crippen LogP contribution in [0.25, 0.3) is 0 Å². The highest BCUT2D eigenvalue weighted by Crippen LogP contribution is 2.62. The molecule has 1 saturated carbocycles. The van der Waals surface area contributed by atoms with E-state index in [0.717, 1.165) is 19.3 Å². The third kappa shape index (κ3) is 1.13. The Labute approximate surface area is 101 Å². The summed E-state index contributed by atoms with van der Waals surface area (Å²) in [5.74, 6) is -0.00329. The Morgan fingerprint density at radius 1 is 1.18 bits per heavy atom. The van der Waals surface area contributed by atoms with E-state index in [-0.39, 0.29) is 29.2 Å². The van der Waals surface area contributed by atoms with Crippen LogP contribution in [0.1, 0.15) is 44.9 Å². The molecule has 92 valence electrons. The van der Waals surface area contributed by atoms with E-state index < -0.39 is 0 Å². The van der Waals surface area contributed by atoms with Crippen molar-refractivity contribution in [3.05, 3.63) is 12.2 Å². The van der Waals surface area contributed by atoms with Crippen LogP contribution in [0.2, 0.25) is 0 Å². The van der Waals surface area contributed by atoms with Crippen LogP contribution in [0.3, 0.4) is 0 Å². The number of rotatable bonds is 0. The third-order valence-electron chi connectivity index (χ3n) is 5.27. The second kappa shape index (κ2) is 3.14. The molecule has 3 atom stereocenters. The van der Waals surface area contributed by atoms with Gasteiger partial charge >= 0.3 is 5.97 Å². The van der Waals surface area contributed by atoms with Crippen molar-refractivity contribution in [3.8, 4) is 0 Å². The second-order valence-corrected chi connectivity index (χ2v) is 6.05. The maximum absolute atomic E-state index is 11.9. The number of hydrogen-bond donors (Lipinski definition) is 0. The Morgan fingerprint density at radius 3 is 2.65 bits per heavy atom. The van der Waals surface area contributed by atoms with Gasteiger partial charge in [0.2, 0.25) is 0 Å². The van der Waals surface area contributed by atoms with Crippen molar-refractivity contribution in [2.45, 2.75) is 62.8 Å². The van der Waals surface area contributed by atoms with Crippen molar-refractivity contribution in [1.29, 1.82) is 0 Å². The summed E-state index contributed by atoms with van der Waals surface area (Å²) in [6.45, 7) is 0. The Morgan fingerprint density at radius 2 is 2.00 bits per heavy atom. The molecule has 1 aliphatic carbocycles. The molecule has 0 N–H and O–H groups in total. The van der Waals surface area contributed by atoms with Gasteiger partial charge in [-0.1, -0.05) is 18.6 Å². The van der Waals surface area contributed by atoms with Crippen LogP contribution < -0.4 is 0 Å². The molecule has 3 heteroatoms. The SMILES string of the molecule is O=C1CC2(CC3C=CC2O3)C2(CCCCC2)O1. The van der Waals surface area contributed by atoms with Gasteiger partial charge in [0.25, 0.3) is 0 Å². The minimum atomic E-state index is -0.202. The summed E-state index contributed by atoms with van der Waals surface area (Å²) >= 11 is 0. The molecule has 2 saturated heterocycles. The number of ether oxygens (including phenoxy) is 2. The molecule has 4 aliphatic rings. The van der Waals surface area contributed by atoms with Gasteiger partial charge in [0.05, 0.1) is 24.0 Å². The largest absolute Gasteiger partial charge is 0.458 e. The van der Waals surface area contributed by atoms with Crippen LogP contribution in [-0.2, 0) is 14.3 Å². The van der Waals surface area contributed by atoms with E-state index in [4.69, 9.17) is 9.47 Å². The Hall–Kier alpha value is -0.830. The molecule has 0 radical (unpaired) electrons. The van der Waals surface area contributed by atoms with Crippen molar-refractivity contribution >= 4 is 5.97 Å². The van der Waals surface area contributed by atoms with Crippen LogP contribution >= 0.6 is 0 Å². The Balaban J connectivity index is 1.77. The summed E-state index contributed by atoms with van der Waals surface area (Å²) in [6.07, 6.45) is 12.0. The smallest absolute Gasteiger partial charge is 0.307 e. The van der Waals surface area contributed by atoms with Gasteiger partial charge in [0.15, 0.2) is 0 Å². The summed E-state index contributed by atoms with van der Waals surface area (Å²) in [4.78, 5) is 11.9. The molecule has 3 nitrogen and oxygen atoms in total. The number of esters is 1. The van der Waals surface area contributed by atoms with E-state index in [0.29, 0.717) is 6.42 Å². The first-order chi connectivity index (χ1) is 8.24. The molecule has 4 rings (SSSR count). The summed E-state index contributed by atoms with van der Waals surface area (Å²) in [7, 11) is 0. The molecule has 0 aromatic carbocycles. The zero-order valence-corrected chi connectivity index (χ0v) is 9.98. The fourth-order valence-corrected chi connectivity index (χ4v) is 4.52. The van der Waals surface area contributed by atoms with E-state index in [1.807, 2.05) is 0 Å². The summed E-state index contributed by atoms with van der Waals surface area (Å²) in [5, 5.41) is 0. The maximum Gasteiger partial charge on any atom is 0.307 e. The molecule has 2 spiro atoms. The molecule has 17 heavy (non-hydrogen) atoms. The minimum absolute atomic E-state index is 0.00329. The third-order valence-corrected chi connectivity index (χ3v) is 5.27. The first-order valence-corrected chi connectivity index (χ1v) is 6.80. The minimum Gasteiger partial charge on any atom is -0.458 e. The van der Waals surface area contributed by atoms with Crippen molar-refractivity contribution < 1.29 is 14.3 Å². The predicted octanol–water partition coefficient (Wildman–Crippen LogP) is 2.35. The highest BCUT2D eigenvalue weighted by molar-refractivity contribution is 5.74. The van der Waals surface area contributed by atoms with Gasteiger partial charge in [-0.05, 0) is 32.1 Å². The first-order valence-electron chi connectivity index (χ1n) is 6.80. The molecule has 2 bridgehead atoms. The lowest BCUT2D eigenvalue weighted by Gasteiger charge is -2.45. The van der Waals surface area contributed by atoms with Crippen LogP contribution in [0.5, 0.6) is 0 Å². The van der Waals surface area contributed by atoms with E-state index in [9.17, 15) is 4.79 Å². The van der Waals surface area contributed by atoms with Gasteiger partial charge in [-0.15, -0.1) is 0 Å². The Kier molecular flexibility index (Phi) is 1.87. The summed E-state index contributed by atoms with van der Waals surface area (Å²) in [5.41, 5.74) is -0.240. The number of hydrogen-bond acceptors (Lipinski definition) is 3. The quantitative estimate of drug-likeness (QED) is 0.477. The molecular formula is C14H18O3. The zero-order chi connectivity index (χ0) is 11.5. The van der Waals surface area contributed by atoms with E-state index >= 15 is 0 Å². The van der Waals surface area contributed by atoms with E-state index in [1.54, 1.807) is 0 Å². The summed E-state index contributed by atoms with van der Waals surface area (Å²) < 4.78 is 11.8. The highest BCUT2D eigenvalue weighted by atomic mass is 16.6. The molecule has 3 heterocycles. The molecule has 3 fully saturated rings. The van der Waals surface area contributed by atoms with Gasteiger partial charge in [-0.25, -0.2) is 0 Å². The van der Waals surface area contributed by atoms with Gasteiger partial charge in [0, 0.05) is 0 Å². The number of carbonyl (C=O) groups is 1.